The van der Waals surface area contributed by atoms with Gasteiger partial charge in [0.25, 0.3) is 0 Å². The van der Waals surface area contributed by atoms with Gasteiger partial charge in [-0.1, -0.05) is 31.2 Å². The molecule has 0 aliphatic heterocycles. The predicted molar refractivity (Wildman–Crippen MR) is 53.7 cm³/mol. The van der Waals surface area contributed by atoms with Crippen LogP contribution in [-0.4, -0.2) is 8.42 Å². The van der Waals surface area contributed by atoms with Crippen molar-refractivity contribution in [2.75, 3.05) is 0 Å². The standard InChI is InChI=1S/C9H13NO3S/c1-2-8-4-3-5-9(6-8)7-13-14(10,11)12/h3-6H,2,7H2,1H3,(H2,10,11,12). The lowest BCUT2D eigenvalue weighted by atomic mass is 10.1. The normalized spacial score (nSPS) is 11.6. The SMILES string of the molecule is CCc1cccc(COS(N)(=O)=O)c1. The summed E-state index contributed by atoms with van der Waals surface area (Å²) in [5.74, 6) is 0. The van der Waals surface area contributed by atoms with Gasteiger partial charge in [-0.3, -0.25) is 4.18 Å². The molecule has 0 amide bonds. The smallest absolute Gasteiger partial charge is 0.253 e. The minimum Gasteiger partial charge on any atom is -0.253 e. The number of benzene rings is 1. The average molecular weight is 215 g/mol. The van der Waals surface area contributed by atoms with Crippen molar-refractivity contribution in [1.82, 2.24) is 0 Å². The zero-order valence-electron chi connectivity index (χ0n) is 7.93. The van der Waals surface area contributed by atoms with E-state index < -0.39 is 10.3 Å². The Morgan fingerprint density at radius 2 is 2.00 bits per heavy atom. The lowest BCUT2D eigenvalue weighted by molar-refractivity contribution is 0.308. The van der Waals surface area contributed by atoms with E-state index in [9.17, 15) is 8.42 Å². The van der Waals surface area contributed by atoms with Gasteiger partial charge in [-0.15, -0.1) is 0 Å². The maximum atomic E-state index is 10.5. The second-order valence-corrected chi connectivity index (χ2v) is 4.15. The van der Waals surface area contributed by atoms with Crippen LogP contribution in [-0.2, 0) is 27.5 Å². The molecule has 0 spiro atoms. The van der Waals surface area contributed by atoms with Crippen molar-refractivity contribution in [2.45, 2.75) is 20.0 Å². The van der Waals surface area contributed by atoms with Crippen molar-refractivity contribution >= 4 is 10.3 Å². The van der Waals surface area contributed by atoms with E-state index >= 15 is 0 Å². The average Bonchev–Trinajstić information content (AvgIpc) is 2.14. The summed E-state index contributed by atoms with van der Waals surface area (Å²) in [6.07, 6.45) is 0.906. The third-order valence-corrected chi connectivity index (χ3v) is 2.24. The van der Waals surface area contributed by atoms with Crippen LogP contribution in [0.4, 0.5) is 0 Å². The summed E-state index contributed by atoms with van der Waals surface area (Å²) in [6, 6.07) is 7.52. The Morgan fingerprint density at radius 1 is 1.36 bits per heavy atom. The summed E-state index contributed by atoms with van der Waals surface area (Å²) in [6.45, 7) is 2.02. The van der Waals surface area contributed by atoms with E-state index in [1.807, 2.05) is 25.1 Å². The molecule has 0 radical (unpaired) electrons. The van der Waals surface area contributed by atoms with E-state index in [1.165, 1.54) is 0 Å². The minimum atomic E-state index is -3.84. The third-order valence-electron chi connectivity index (χ3n) is 1.79. The minimum absolute atomic E-state index is 0.00727. The monoisotopic (exact) mass is 215 g/mol. The lowest BCUT2D eigenvalue weighted by Gasteiger charge is -2.03. The zero-order chi connectivity index (χ0) is 10.6. The topological polar surface area (TPSA) is 69.4 Å². The van der Waals surface area contributed by atoms with E-state index in [4.69, 9.17) is 5.14 Å². The van der Waals surface area contributed by atoms with Crippen molar-refractivity contribution in [1.29, 1.82) is 0 Å². The molecule has 0 aliphatic carbocycles. The van der Waals surface area contributed by atoms with Gasteiger partial charge in [0.15, 0.2) is 0 Å². The largest absolute Gasteiger partial charge is 0.333 e. The summed E-state index contributed by atoms with van der Waals surface area (Å²) in [5, 5.41) is 4.70. The van der Waals surface area contributed by atoms with Gasteiger partial charge in [-0.2, -0.15) is 8.42 Å². The molecule has 0 aromatic heterocycles. The summed E-state index contributed by atoms with van der Waals surface area (Å²) >= 11 is 0. The van der Waals surface area contributed by atoms with Gasteiger partial charge >= 0.3 is 10.3 Å². The number of rotatable bonds is 4. The van der Waals surface area contributed by atoms with Crippen molar-refractivity contribution in [2.24, 2.45) is 5.14 Å². The van der Waals surface area contributed by atoms with Crippen LogP contribution in [0.5, 0.6) is 0 Å². The second kappa shape index (κ2) is 4.54. The van der Waals surface area contributed by atoms with Crippen LogP contribution in [0.3, 0.4) is 0 Å². The summed E-state index contributed by atoms with van der Waals surface area (Å²) in [7, 11) is -3.84. The van der Waals surface area contributed by atoms with Crippen molar-refractivity contribution in [3.8, 4) is 0 Å². The van der Waals surface area contributed by atoms with E-state index in [-0.39, 0.29) is 6.61 Å². The first kappa shape index (κ1) is 11.2. The van der Waals surface area contributed by atoms with Gasteiger partial charge in [-0.05, 0) is 17.5 Å². The molecule has 4 nitrogen and oxygen atoms in total. The zero-order valence-corrected chi connectivity index (χ0v) is 8.75. The predicted octanol–water partition coefficient (Wildman–Crippen LogP) is 0.969. The van der Waals surface area contributed by atoms with Gasteiger partial charge in [-0.25, -0.2) is 5.14 Å². The maximum absolute atomic E-state index is 10.5. The highest BCUT2D eigenvalue weighted by Crippen LogP contribution is 2.07. The first-order valence-electron chi connectivity index (χ1n) is 4.26. The molecule has 2 N–H and O–H groups in total. The molecule has 0 aliphatic rings. The van der Waals surface area contributed by atoms with E-state index in [0.29, 0.717) is 0 Å². The van der Waals surface area contributed by atoms with Crippen LogP contribution in [0, 0.1) is 0 Å². The van der Waals surface area contributed by atoms with E-state index in [1.54, 1.807) is 6.07 Å². The molecule has 0 saturated carbocycles. The molecular formula is C9H13NO3S. The Hall–Kier alpha value is -0.910. The van der Waals surface area contributed by atoms with Gasteiger partial charge in [0.1, 0.15) is 0 Å². The summed E-state index contributed by atoms with van der Waals surface area (Å²) < 4.78 is 25.5. The fourth-order valence-electron chi connectivity index (χ4n) is 1.09. The van der Waals surface area contributed by atoms with Gasteiger partial charge < -0.3 is 0 Å². The van der Waals surface area contributed by atoms with Crippen LogP contribution in [0.1, 0.15) is 18.1 Å². The van der Waals surface area contributed by atoms with Crippen LogP contribution in [0.25, 0.3) is 0 Å². The van der Waals surface area contributed by atoms with Gasteiger partial charge in [0.05, 0.1) is 6.61 Å². The van der Waals surface area contributed by atoms with Crippen LogP contribution >= 0.6 is 0 Å². The van der Waals surface area contributed by atoms with Crippen LogP contribution < -0.4 is 5.14 Å². The summed E-state index contributed by atoms with van der Waals surface area (Å²) in [5.41, 5.74) is 1.94. The highest BCUT2D eigenvalue weighted by Gasteiger charge is 2.02. The van der Waals surface area contributed by atoms with Gasteiger partial charge in [0, 0.05) is 0 Å². The number of hydrogen-bond donors (Lipinski definition) is 1. The Kier molecular flexibility index (Phi) is 3.62. The van der Waals surface area contributed by atoms with E-state index in [0.717, 1.165) is 17.5 Å². The van der Waals surface area contributed by atoms with Crippen LogP contribution in [0.2, 0.25) is 0 Å². The second-order valence-electron chi connectivity index (χ2n) is 2.93. The van der Waals surface area contributed by atoms with Crippen molar-refractivity contribution in [3.63, 3.8) is 0 Å². The first-order valence-corrected chi connectivity index (χ1v) is 5.73. The highest BCUT2D eigenvalue weighted by atomic mass is 32.2. The quantitative estimate of drug-likeness (QED) is 0.813. The Morgan fingerprint density at radius 3 is 2.57 bits per heavy atom. The number of hydrogen-bond acceptors (Lipinski definition) is 3. The molecule has 0 heterocycles. The molecular weight excluding hydrogens is 202 g/mol. The Balaban J connectivity index is 2.68. The van der Waals surface area contributed by atoms with Crippen LogP contribution in [0.15, 0.2) is 24.3 Å². The molecule has 1 aromatic rings. The number of aryl methyl sites for hydroxylation is 1. The molecule has 0 bridgehead atoms. The molecule has 1 aromatic carbocycles. The van der Waals surface area contributed by atoms with Crippen molar-refractivity contribution < 1.29 is 12.6 Å². The highest BCUT2D eigenvalue weighted by molar-refractivity contribution is 7.84. The maximum Gasteiger partial charge on any atom is 0.333 e. The van der Waals surface area contributed by atoms with Gasteiger partial charge in [0.2, 0.25) is 0 Å². The molecule has 0 saturated heterocycles. The molecule has 0 fully saturated rings. The molecule has 0 atom stereocenters. The molecule has 1 rings (SSSR count). The van der Waals surface area contributed by atoms with Crippen molar-refractivity contribution in [3.05, 3.63) is 35.4 Å². The lowest BCUT2D eigenvalue weighted by Crippen LogP contribution is -2.15. The summed E-state index contributed by atoms with van der Waals surface area (Å²) in [4.78, 5) is 0. The number of nitrogens with two attached hydrogens (primary N) is 1. The third kappa shape index (κ3) is 3.87. The fourth-order valence-corrected chi connectivity index (χ4v) is 1.39. The fraction of sp³-hybridized carbons (Fsp3) is 0.333. The Bertz CT molecular complexity index is 400. The molecule has 78 valence electrons. The molecule has 0 unspecified atom stereocenters. The molecule has 5 heteroatoms. The van der Waals surface area contributed by atoms with E-state index in [2.05, 4.69) is 4.18 Å². The molecule has 14 heavy (non-hydrogen) atoms. The first-order chi connectivity index (χ1) is 6.51. The Labute approximate surface area is 83.9 Å².